The van der Waals surface area contributed by atoms with E-state index in [-0.39, 0.29) is 18.1 Å². The standard InChI is InChI=1S/C12H8FN5/c13-10-3-1-9(2-4-10)7-12-11(8-15)16-17-18(12)6-5-14/h1-4H,6-7H2. The first kappa shape index (κ1) is 11.7. The summed E-state index contributed by atoms with van der Waals surface area (Å²) < 4.78 is 14.2. The molecule has 1 aromatic carbocycles. The van der Waals surface area contributed by atoms with E-state index in [0.717, 1.165) is 5.56 Å². The van der Waals surface area contributed by atoms with Gasteiger partial charge in [0.2, 0.25) is 0 Å². The zero-order valence-corrected chi connectivity index (χ0v) is 9.34. The highest BCUT2D eigenvalue weighted by Crippen LogP contribution is 2.12. The van der Waals surface area contributed by atoms with E-state index in [9.17, 15) is 4.39 Å². The van der Waals surface area contributed by atoms with Crippen LogP contribution in [0, 0.1) is 28.5 Å². The van der Waals surface area contributed by atoms with Crippen LogP contribution in [0.15, 0.2) is 24.3 Å². The zero-order chi connectivity index (χ0) is 13.0. The van der Waals surface area contributed by atoms with Crippen LogP contribution in [0.5, 0.6) is 0 Å². The Labute approximate surface area is 103 Å². The van der Waals surface area contributed by atoms with Crippen LogP contribution in [0.1, 0.15) is 17.0 Å². The van der Waals surface area contributed by atoms with Crippen molar-refractivity contribution in [2.45, 2.75) is 13.0 Å². The summed E-state index contributed by atoms with van der Waals surface area (Å²) in [4.78, 5) is 0. The van der Waals surface area contributed by atoms with Gasteiger partial charge in [0.1, 0.15) is 18.4 Å². The van der Waals surface area contributed by atoms with Crippen molar-refractivity contribution in [3.63, 3.8) is 0 Å². The first-order valence-corrected chi connectivity index (χ1v) is 5.18. The Kier molecular flexibility index (Phi) is 3.31. The molecule has 1 heterocycles. The fourth-order valence-electron chi connectivity index (χ4n) is 1.58. The Hall–Kier alpha value is -2.73. The Morgan fingerprint density at radius 1 is 1.22 bits per heavy atom. The fourth-order valence-corrected chi connectivity index (χ4v) is 1.58. The smallest absolute Gasteiger partial charge is 0.186 e. The lowest BCUT2D eigenvalue weighted by Gasteiger charge is -2.03. The SMILES string of the molecule is N#CCn1nnc(C#N)c1Cc1ccc(F)cc1. The van der Waals surface area contributed by atoms with Crippen molar-refractivity contribution >= 4 is 0 Å². The molecular formula is C12H8FN5. The van der Waals surface area contributed by atoms with Gasteiger partial charge in [-0.25, -0.2) is 9.07 Å². The molecule has 0 saturated heterocycles. The molecule has 0 N–H and O–H groups in total. The molecule has 0 amide bonds. The monoisotopic (exact) mass is 241 g/mol. The second kappa shape index (κ2) is 5.07. The maximum absolute atomic E-state index is 12.8. The van der Waals surface area contributed by atoms with E-state index in [0.29, 0.717) is 12.1 Å². The van der Waals surface area contributed by atoms with Gasteiger partial charge >= 0.3 is 0 Å². The summed E-state index contributed by atoms with van der Waals surface area (Å²) in [5, 5.41) is 25.0. The minimum Gasteiger partial charge on any atom is -0.233 e. The predicted octanol–water partition coefficient (Wildman–Crippen LogP) is 1.40. The second-order valence-electron chi connectivity index (χ2n) is 3.62. The molecule has 0 fully saturated rings. The van der Waals surface area contributed by atoms with E-state index in [4.69, 9.17) is 10.5 Å². The van der Waals surface area contributed by atoms with Crippen LogP contribution in [0.3, 0.4) is 0 Å². The second-order valence-corrected chi connectivity index (χ2v) is 3.62. The van der Waals surface area contributed by atoms with Crippen molar-refractivity contribution in [3.8, 4) is 12.1 Å². The van der Waals surface area contributed by atoms with Crippen molar-refractivity contribution in [1.82, 2.24) is 15.0 Å². The highest BCUT2D eigenvalue weighted by Gasteiger charge is 2.12. The molecule has 18 heavy (non-hydrogen) atoms. The summed E-state index contributed by atoms with van der Waals surface area (Å²) >= 11 is 0. The molecule has 0 spiro atoms. The maximum atomic E-state index is 12.8. The largest absolute Gasteiger partial charge is 0.233 e. The van der Waals surface area contributed by atoms with Gasteiger partial charge in [0.15, 0.2) is 5.69 Å². The molecule has 6 heteroatoms. The van der Waals surface area contributed by atoms with Gasteiger partial charge < -0.3 is 0 Å². The van der Waals surface area contributed by atoms with E-state index in [2.05, 4.69) is 10.3 Å². The molecule has 0 aliphatic carbocycles. The Balaban J connectivity index is 2.33. The topological polar surface area (TPSA) is 78.3 Å². The summed E-state index contributed by atoms with van der Waals surface area (Å²) in [6, 6.07) is 9.82. The van der Waals surface area contributed by atoms with Crippen molar-refractivity contribution in [2.75, 3.05) is 0 Å². The van der Waals surface area contributed by atoms with Gasteiger partial charge in [0, 0.05) is 6.42 Å². The van der Waals surface area contributed by atoms with E-state index in [1.165, 1.54) is 16.8 Å². The number of nitrogens with zero attached hydrogens (tertiary/aromatic N) is 5. The van der Waals surface area contributed by atoms with Crippen molar-refractivity contribution in [1.29, 1.82) is 10.5 Å². The molecule has 1 aromatic heterocycles. The van der Waals surface area contributed by atoms with Gasteiger partial charge in [0.25, 0.3) is 0 Å². The molecule has 2 rings (SSSR count). The molecule has 0 atom stereocenters. The van der Waals surface area contributed by atoms with Gasteiger partial charge in [-0.3, -0.25) is 0 Å². The van der Waals surface area contributed by atoms with Crippen molar-refractivity contribution in [3.05, 3.63) is 47.0 Å². The van der Waals surface area contributed by atoms with Gasteiger partial charge in [-0.2, -0.15) is 10.5 Å². The lowest BCUT2D eigenvalue weighted by Crippen LogP contribution is -2.05. The Morgan fingerprint density at radius 2 is 1.94 bits per heavy atom. The number of rotatable bonds is 3. The molecule has 2 aromatic rings. The van der Waals surface area contributed by atoms with Crippen LogP contribution in [-0.4, -0.2) is 15.0 Å². The Bertz CT molecular complexity index is 630. The molecule has 0 radical (unpaired) electrons. The fraction of sp³-hybridized carbons (Fsp3) is 0.167. The van der Waals surface area contributed by atoms with E-state index in [1.807, 2.05) is 12.1 Å². The molecule has 0 saturated carbocycles. The predicted molar refractivity (Wildman–Crippen MR) is 59.6 cm³/mol. The summed E-state index contributed by atoms with van der Waals surface area (Å²) in [5.74, 6) is -0.317. The molecule has 0 aliphatic heterocycles. The summed E-state index contributed by atoms with van der Waals surface area (Å²) in [5.41, 5.74) is 1.58. The highest BCUT2D eigenvalue weighted by atomic mass is 19.1. The van der Waals surface area contributed by atoms with Crippen LogP contribution in [-0.2, 0) is 13.0 Å². The number of benzene rings is 1. The lowest BCUT2D eigenvalue weighted by atomic mass is 10.1. The first-order valence-electron chi connectivity index (χ1n) is 5.18. The third kappa shape index (κ3) is 2.33. The van der Waals surface area contributed by atoms with E-state index in [1.54, 1.807) is 12.1 Å². The van der Waals surface area contributed by atoms with Crippen LogP contribution in [0.25, 0.3) is 0 Å². The lowest BCUT2D eigenvalue weighted by molar-refractivity contribution is 0.626. The first-order chi connectivity index (χ1) is 8.74. The quantitative estimate of drug-likeness (QED) is 0.813. The zero-order valence-electron chi connectivity index (χ0n) is 9.34. The Morgan fingerprint density at radius 3 is 2.56 bits per heavy atom. The van der Waals surface area contributed by atoms with Crippen molar-refractivity contribution in [2.24, 2.45) is 0 Å². The van der Waals surface area contributed by atoms with Gasteiger partial charge in [-0.15, -0.1) is 5.10 Å². The minimum absolute atomic E-state index is 0.0329. The van der Waals surface area contributed by atoms with Gasteiger partial charge in [-0.1, -0.05) is 17.3 Å². The molecular weight excluding hydrogens is 233 g/mol. The maximum Gasteiger partial charge on any atom is 0.186 e. The van der Waals surface area contributed by atoms with E-state index < -0.39 is 0 Å². The average Bonchev–Trinajstić information content (AvgIpc) is 2.75. The normalized spacial score (nSPS) is 9.72. The van der Waals surface area contributed by atoms with Crippen LogP contribution >= 0.6 is 0 Å². The summed E-state index contributed by atoms with van der Waals surface area (Å²) in [6.07, 6.45) is 0.387. The number of nitriles is 2. The molecule has 88 valence electrons. The molecule has 0 aliphatic rings. The van der Waals surface area contributed by atoms with Crippen LogP contribution in [0.2, 0.25) is 0 Å². The van der Waals surface area contributed by atoms with Crippen LogP contribution in [0.4, 0.5) is 4.39 Å². The molecule has 0 bridgehead atoms. The number of hydrogen-bond acceptors (Lipinski definition) is 4. The van der Waals surface area contributed by atoms with Gasteiger partial charge in [0.05, 0.1) is 11.8 Å². The number of halogens is 1. The third-order valence-corrected chi connectivity index (χ3v) is 2.45. The summed E-state index contributed by atoms with van der Waals surface area (Å²) in [6.45, 7) is 0.0329. The van der Waals surface area contributed by atoms with Gasteiger partial charge in [-0.05, 0) is 17.7 Å². The third-order valence-electron chi connectivity index (χ3n) is 2.45. The summed E-state index contributed by atoms with van der Waals surface area (Å²) in [7, 11) is 0. The number of hydrogen-bond donors (Lipinski definition) is 0. The minimum atomic E-state index is -0.317. The van der Waals surface area contributed by atoms with E-state index >= 15 is 0 Å². The van der Waals surface area contributed by atoms with Crippen molar-refractivity contribution < 1.29 is 4.39 Å². The average molecular weight is 241 g/mol. The molecule has 0 unspecified atom stereocenters. The highest BCUT2D eigenvalue weighted by molar-refractivity contribution is 5.30. The molecule has 5 nitrogen and oxygen atoms in total. The van der Waals surface area contributed by atoms with Crippen LogP contribution < -0.4 is 0 Å². The number of aromatic nitrogens is 3.